The molecule has 6 nitrogen and oxygen atoms in total. The highest BCUT2D eigenvalue weighted by molar-refractivity contribution is 5.75. The maximum Gasteiger partial charge on any atom is 0.346 e. The molecule has 1 fully saturated rings. The van der Waals surface area contributed by atoms with E-state index in [2.05, 4.69) is 0 Å². The highest BCUT2D eigenvalue weighted by Crippen LogP contribution is 2.31. The summed E-state index contributed by atoms with van der Waals surface area (Å²) in [4.78, 5) is 23.6. The van der Waals surface area contributed by atoms with E-state index < -0.39 is 23.6 Å². The zero-order valence-corrected chi connectivity index (χ0v) is 9.35. The zero-order valence-electron chi connectivity index (χ0n) is 9.35. The van der Waals surface area contributed by atoms with Crippen LogP contribution in [0, 0.1) is 5.41 Å². The predicted molar refractivity (Wildman–Crippen MR) is 51.0 cm³/mol. The summed E-state index contributed by atoms with van der Waals surface area (Å²) in [6.07, 6.45) is -0.932. The van der Waals surface area contributed by atoms with Gasteiger partial charge in [-0.3, -0.25) is 10.0 Å². The second kappa shape index (κ2) is 3.69. The monoisotopic (exact) mass is 216 g/mol. The molecule has 1 rings (SSSR count). The van der Waals surface area contributed by atoms with Crippen molar-refractivity contribution in [2.24, 2.45) is 5.41 Å². The second-order valence-corrected chi connectivity index (χ2v) is 4.43. The van der Waals surface area contributed by atoms with Crippen molar-refractivity contribution in [1.29, 1.82) is 0 Å². The van der Waals surface area contributed by atoms with Gasteiger partial charge in [-0.15, -0.1) is 0 Å². The summed E-state index contributed by atoms with van der Waals surface area (Å²) in [5.74, 6) is -0.524. The van der Waals surface area contributed by atoms with Gasteiger partial charge in [-0.2, -0.15) is 5.06 Å². The molecule has 1 aliphatic rings. The first-order chi connectivity index (χ1) is 6.75. The number of rotatable bonds is 1. The Bertz CT molecular complexity index is 290. The molecule has 0 aromatic heterocycles. The number of urea groups is 1. The summed E-state index contributed by atoms with van der Waals surface area (Å²) in [5, 5.41) is 10.0. The van der Waals surface area contributed by atoms with E-state index >= 15 is 0 Å². The van der Waals surface area contributed by atoms with Crippen LogP contribution in [0.5, 0.6) is 0 Å². The Kier molecular flexibility index (Phi) is 2.90. The van der Waals surface area contributed by atoms with Crippen LogP contribution in [0.15, 0.2) is 0 Å². The summed E-state index contributed by atoms with van der Waals surface area (Å²) in [5.41, 5.74) is -0.511. The van der Waals surface area contributed by atoms with Crippen LogP contribution in [0.1, 0.15) is 20.8 Å². The molecule has 1 saturated heterocycles. The van der Waals surface area contributed by atoms with Crippen molar-refractivity contribution >= 4 is 12.0 Å². The largest absolute Gasteiger partial charge is 0.439 e. The number of esters is 1. The molecule has 15 heavy (non-hydrogen) atoms. The molecule has 0 aliphatic carbocycles. The molecule has 0 aromatic carbocycles. The fraction of sp³-hybridized carbons (Fsp3) is 0.778. The van der Waals surface area contributed by atoms with Gasteiger partial charge in [0.1, 0.15) is 0 Å². The van der Waals surface area contributed by atoms with Crippen molar-refractivity contribution in [1.82, 2.24) is 9.96 Å². The van der Waals surface area contributed by atoms with Crippen molar-refractivity contribution in [2.45, 2.75) is 27.0 Å². The number of carbonyl (C=O) groups is 2. The van der Waals surface area contributed by atoms with E-state index in [4.69, 9.17) is 4.74 Å². The van der Waals surface area contributed by atoms with Crippen molar-refractivity contribution in [3.8, 4) is 0 Å². The van der Waals surface area contributed by atoms with E-state index in [1.165, 1.54) is 11.8 Å². The third-order valence-corrected chi connectivity index (χ3v) is 2.34. The standard InChI is InChI=1S/C9H16N2O4/c1-6(12)15-7-9(2,3)5-10(4)8(13)11(7)14/h7,14H,5H2,1-4H3. The Morgan fingerprint density at radius 1 is 1.60 bits per heavy atom. The molecule has 1 atom stereocenters. The van der Waals surface area contributed by atoms with Crippen molar-refractivity contribution in [3.05, 3.63) is 0 Å². The molecule has 0 aromatic rings. The molecule has 1 N–H and O–H groups in total. The number of hydrogen-bond acceptors (Lipinski definition) is 4. The summed E-state index contributed by atoms with van der Waals surface area (Å²) in [6.45, 7) is 5.28. The molecule has 0 saturated carbocycles. The molecule has 86 valence electrons. The van der Waals surface area contributed by atoms with Crippen LogP contribution >= 0.6 is 0 Å². The van der Waals surface area contributed by atoms with Gasteiger partial charge in [0.15, 0.2) is 0 Å². The molecule has 6 heteroatoms. The highest BCUT2D eigenvalue weighted by atomic mass is 16.6. The SMILES string of the molecule is CC(=O)OC1N(O)C(=O)N(C)CC1(C)C. The van der Waals surface area contributed by atoms with E-state index in [1.54, 1.807) is 7.05 Å². The van der Waals surface area contributed by atoms with E-state index in [9.17, 15) is 14.8 Å². The summed E-state index contributed by atoms with van der Waals surface area (Å²) >= 11 is 0. The Labute approximate surface area is 88.4 Å². The lowest BCUT2D eigenvalue weighted by atomic mass is 9.88. The van der Waals surface area contributed by atoms with Gasteiger partial charge in [0.25, 0.3) is 0 Å². The van der Waals surface area contributed by atoms with Crippen LogP contribution in [-0.2, 0) is 9.53 Å². The predicted octanol–water partition coefficient (Wildman–Crippen LogP) is 0.658. The van der Waals surface area contributed by atoms with Gasteiger partial charge < -0.3 is 9.64 Å². The summed E-state index contributed by atoms with van der Waals surface area (Å²) in [7, 11) is 1.58. The Morgan fingerprint density at radius 2 is 2.13 bits per heavy atom. The summed E-state index contributed by atoms with van der Waals surface area (Å²) < 4.78 is 4.93. The number of nitrogens with zero attached hydrogens (tertiary/aromatic N) is 2. The minimum absolute atomic E-state index is 0.418. The molecular weight excluding hydrogens is 200 g/mol. The van der Waals surface area contributed by atoms with Gasteiger partial charge in [-0.1, -0.05) is 13.8 Å². The smallest absolute Gasteiger partial charge is 0.346 e. The zero-order chi connectivity index (χ0) is 11.8. The van der Waals surface area contributed by atoms with Gasteiger partial charge >= 0.3 is 12.0 Å². The molecule has 0 bridgehead atoms. The Hall–Kier alpha value is -1.30. The minimum atomic E-state index is -0.932. The molecule has 1 heterocycles. The number of hydrogen-bond donors (Lipinski definition) is 1. The van der Waals surface area contributed by atoms with Crippen LogP contribution in [0.4, 0.5) is 4.79 Å². The fourth-order valence-corrected chi connectivity index (χ4v) is 1.73. The van der Waals surface area contributed by atoms with E-state index in [-0.39, 0.29) is 0 Å². The maximum atomic E-state index is 11.4. The third kappa shape index (κ3) is 2.20. The van der Waals surface area contributed by atoms with Gasteiger partial charge in [0.05, 0.1) is 0 Å². The highest BCUT2D eigenvalue weighted by Gasteiger charge is 2.46. The van der Waals surface area contributed by atoms with Crippen LogP contribution in [0.3, 0.4) is 0 Å². The van der Waals surface area contributed by atoms with Gasteiger partial charge in [-0.25, -0.2) is 4.79 Å². The topological polar surface area (TPSA) is 70.1 Å². The normalized spacial score (nSPS) is 25.4. The van der Waals surface area contributed by atoms with Crippen LogP contribution in [0.25, 0.3) is 0 Å². The van der Waals surface area contributed by atoms with Gasteiger partial charge in [-0.05, 0) is 0 Å². The number of hydroxylamine groups is 2. The second-order valence-electron chi connectivity index (χ2n) is 4.43. The van der Waals surface area contributed by atoms with E-state index in [0.717, 1.165) is 0 Å². The van der Waals surface area contributed by atoms with Crippen molar-refractivity contribution in [3.63, 3.8) is 0 Å². The average Bonchev–Trinajstić information content (AvgIpc) is 2.08. The summed E-state index contributed by atoms with van der Waals surface area (Å²) in [6, 6.07) is -0.569. The van der Waals surface area contributed by atoms with Crippen molar-refractivity contribution in [2.75, 3.05) is 13.6 Å². The number of ether oxygens (including phenoxy) is 1. The fourth-order valence-electron chi connectivity index (χ4n) is 1.73. The quantitative estimate of drug-likeness (QED) is 0.516. The molecule has 1 aliphatic heterocycles. The average molecular weight is 216 g/mol. The lowest BCUT2D eigenvalue weighted by molar-refractivity contribution is -0.235. The first kappa shape index (κ1) is 11.8. The Morgan fingerprint density at radius 3 is 2.60 bits per heavy atom. The van der Waals surface area contributed by atoms with E-state index in [0.29, 0.717) is 11.6 Å². The number of amides is 2. The lowest BCUT2D eigenvalue weighted by Gasteiger charge is -2.45. The van der Waals surface area contributed by atoms with Crippen LogP contribution < -0.4 is 0 Å². The first-order valence-electron chi connectivity index (χ1n) is 4.66. The third-order valence-electron chi connectivity index (χ3n) is 2.34. The first-order valence-corrected chi connectivity index (χ1v) is 4.66. The maximum absolute atomic E-state index is 11.4. The lowest BCUT2D eigenvalue weighted by Crippen LogP contribution is -2.61. The molecule has 1 unspecified atom stereocenters. The van der Waals surface area contributed by atoms with Crippen molar-refractivity contribution < 1.29 is 19.5 Å². The Balaban J connectivity index is 2.90. The van der Waals surface area contributed by atoms with E-state index in [1.807, 2.05) is 13.8 Å². The van der Waals surface area contributed by atoms with Gasteiger partial charge in [0.2, 0.25) is 6.23 Å². The molecular formula is C9H16N2O4. The number of carbonyl (C=O) groups excluding carboxylic acids is 2. The van der Waals surface area contributed by atoms with Crippen LogP contribution in [-0.4, -0.2) is 47.0 Å². The molecule has 2 amide bonds. The molecule has 0 spiro atoms. The molecule has 0 radical (unpaired) electrons. The van der Waals surface area contributed by atoms with Crippen LogP contribution in [0.2, 0.25) is 0 Å². The van der Waals surface area contributed by atoms with Gasteiger partial charge in [0, 0.05) is 25.9 Å². The minimum Gasteiger partial charge on any atom is -0.439 e.